The smallest absolute Gasteiger partial charge is 0.339 e. The van der Waals surface area contributed by atoms with Gasteiger partial charge in [0.05, 0.1) is 6.61 Å². The van der Waals surface area contributed by atoms with Crippen molar-refractivity contribution in [3.05, 3.63) is 86.3 Å². The lowest BCUT2D eigenvalue weighted by molar-refractivity contribution is 0.0992. The number of fused-ring (bicyclic) bond motifs is 1. The molecular weight excluding hydrogens is 450 g/mol. The van der Waals surface area contributed by atoms with Crippen LogP contribution in [0.2, 0.25) is 0 Å². The zero-order chi connectivity index (χ0) is 26.4. The van der Waals surface area contributed by atoms with Crippen LogP contribution in [0.1, 0.15) is 66.7 Å². The number of allylic oxidation sites excluding steroid dienone is 2. The number of carbonyl (C=O) groups is 1. The molecule has 0 bridgehead atoms. The Morgan fingerprint density at radius 2 is 1.83 bits per heavy atom. The van der Waals surface area contributed by atoms with Gasteiger partial charge in [-0.3, -0.25) is 4.79 Å². The second kappa shape index (κ2) is 12.2. The average molecular weight is 490 g/mol. The van der Waals surface area contributed by atoms with Crippen molar-refractivity contribution in [3.8, 4) is 5.75 Å². The van der Waals surface area contributed by atoms with Crippen molar-refractivity contribution in [2.75, 3.05) is 20.2 Å². The molecule has 5 nitrogen and oxygen atoms in total. The molecule has 0 saturated carbocycles. The average Bonchev–Trinajstić information content (AvgIpc) is 2.83. The number of rotatable bonds is 11. The van der Waals surface area contributed by atoms with Gasteiger partial charge in [-0.1, -0.05) is 23.8 Å². The molecule has 3 aromatic rings. The largest absolute Gasteiger partial charge is 0.493 e. The number of benzene rings is 2. The van der Waals surface area contributed by atoms with Crippen molar-refractivity contribution in [2.45, 2.75) is 66.8 Å². The summed E-state index contributed by atoms with van der Waals surface area (Å²) in [4.78, 5) is 28.1. The van der Waals surface area contributed by atoms with Crippen LogP contribution in [-0.4, -0.2) is 36.9 Å². The molecule has 36 heavy (non-hydrogen) atoms. The van der Waals surface area contributed by atoms with Gasteiger partial charge < -0.3 is 14.1 Å². The van der Waals surface area contributed by atoms with Crippen LogP contribution in [0, 0.1) is 13.8 Å². The van der Waals surface area contributed by atoms with Gasteiger partial charge in [0.2, 0.25) is 0 Å². The van der Waals surface area contributed by atoms with E-state index in [1.165, 1.54) is 5.57 Å². The first-order valence-corrected chi connectivity index (χ1v) is 12.7. The first-order valence-electron chi connectivity index (χ1n) is 12.7. The molecular formula is C31H39NO4. The number of ether oxygens (including phenoxy) is 1. The maximum absolute atomic E-state index is 13.0. The van der Waals surface area contributed by atoms with Gasteiger partial charge in [0, 0.05) is 41.1 Å². The van der Waals surface area contributed by atoms with Crippen molar-refractivity contribution in [3.63, 3.8) is 0 Å². The van der Waals surface area contributed by atoms with Gasteiger partial charge in [0.1, 0.15) is 11.3 Å². The molecule has 0 spiro atoms. The highest BCUT2D eigenvalue weighted by Crippen LogP contribution is 2.27. The number of nitrogens with zero attached hydrogens (tertiary/aromatic N) is 1. The summed E-state index contributed by atoms with van der Waals surface area (Å²) in [7, 11) is 2.10. The topological polar surface area (TPSA) is 59.8 Å². The van der Waals surface area contributed by atoms with Crippen molar-refractivity contribution < 1.29 is 13.9 Å². The lowest BCUT2D eigenvalue weighted by atomic mass is 9.97. The maximum atomic E-state index is 13.0. The van der Waals surface area contributed by atoms with E-state index in [4.69, 9.17) is 9.15 Å². The Morgan fingerprint density at radius 3 is 2.53 bits per heavy atom. The molecule has 0 fully saturated rings. The molecule has 0 saturated heterocycles. The minimum Gasteiger partial charge on any atom is -0.493 e. The summed E-state index contributed by atoms with van der Waals surface area (Å²) in [6.07, 6.45) is 3.85. The van der Waals surface area contributed by atoms with Crippen LogP contribution in [0.25, 0.3) is 11.0 Å². The lowest BCUT2D eigenvalue weighted by Gasteiger charge is -2.20. The van der Waals surface area contributed by atoms with Gasteiger partial charge in [0.15, 0.2) is 5.78 Å². The van der Waals surface area contributed by atoms with Crippen molar-refractivity contribution in [2.24, 2.45) is 0 Å². The summed E-state index contributed by atoms with van der Waals surface area (Å²) in [6.45, 7) is 13.9. The molecule has 0 atom stereocenters. The molecule has 0 aliphatic carbocycles. The molecule has 1 heterocycles. The summed E-state index contributed by atoms with van der Waals surface area (Å²) < 4.78 is 11.7. The second-order valence-corrected chi connectivity index (χ2v) is 10.2. The molecule has 0 unspecified atom stereocenters. The van der Waals surface area contributed by atoms with Crippen LogP contribution in [0.5, 0.6) is 5.75 Å². The molecule has 1 aromatic heterocycles. The summed E-state index contributed by atoms with van der Waals surface area (Å²) >= 11 is 0. The fourth-order valence-electron chi connectivity index (χ4n) is 4.04. The van der Waals surface area contributed by atoms with Crippen molar-refractivity contribution in [1.82, 2.24) is 4.90 Å². The molecule has 0 radical (unpaired) electrons. The van der Waals surface area contributed by atoms with Gasteiger partial charge in [-0.15, -0.1) is 0 Å². The molecule has 2 aromatic carbocycles. The first-order chi connectivity index (χ1) is 17.1. The van der Waals surface area contributed by atoms with E-state index in [2.05, 4.69) is 45.7 Å². The molecule has 0 N–H and O–H groups in total. The standard InChI is InChI=1S/C31H39NO4/c1-20(2)9-11-24-17-25(12-10-22(24)5)28(33)19-27-18-26-13-14-29(23(6)30(26)36-31(27)34)35-16-8-15-32(7)21(3)4/h9-10,12-14,17-18,21H,8,11,15-16,19H2,1-7H3. The van der Waals surface area contributed by atoms with Gasteiger partial charge >= 0.3 is 5.63 Å². The molecule has 0 aliphatic rings. The van der Waals surface area contributed by atoms with E-state index in [-0.39, 0.29) is 12.2 Å². The van der Waals surface area contributed by atoms with Crippen LogP contribution in [-0.2, 0) is 12.8 Å². The van der Waals surface area contributed by atoms with Gasteiger partial charge in [-0.2, -0.15) is 0 Å². The van der Waals surface area contributed by atoms with E-state index < -0.39 is 5.63 Å². The zero-order valence-electron chi connectivity index (χ0n) is 22.7. The Morgan fingerprint density at radius 1 is 1.08 bits per heavy atom. The van der Waals surface area contributed by atoms with Gasteiger partial charge in [0.25, 0.3) is 0 Å². The Kier molecular flexibility index (Phi) is 9.27. The Hall–Kier alpha value is -3.18. The fraction of sp³-hybridized carbons (Fsp3) is 0.419. The minimum absolute atomic E-state index is 0.00405. The highest BCUT2D eigenvalue weighted by atomic mass is 16.5. The third-order valence-electron chi connectivity index (χ3n) is 6.72. The van der Waals surface area contributed by atoms with E-state index in [1.807, 2.05) is 44.2 Å². The maximum Gasteiger partial charge on any atom is 0.339 e. The predicted octanol–water partition coefficient (Wildman–Crippen LogP) is 6.45. The molecule has 0 amide bonds. The van der Waals surface area contributed by atoms with E-state index in [0.717, 1.165) is 41.5 Å². The van der Waals surface area contributed by atoms with E-state index in [1.54, 1.807) is 6.07 Å². The monoisotopic (exact) mass is 489 g/mol. The van der Waals surface area contributed by atoms with Crippen LogP contribution in [0.15, 0.2) is 57.3 Å². The number of Topliss-reactive ketones (excluding diaryl/α,β-unsaturated/α-hetero) is 1. The number of carbonyl (C=O) groups excluding carboxylic acids is 1. The SMILES string of the molecule is CC(C)=CCc1cc(C(=O)Cc2cc3ccc(OCCCN(C)C(C)C)c(C)c3oc2=O)ccc1C. The molecule has 192 valence electrons. The van der Waals surface area contributed by atoms with Crippen LogP contribution in [0.3, 0.4) is 0 Å². The number of ketones is 1. The van der Waals surface area contributed by atoms with Gasteiger partial charge in [-0.25, -0.2) is 4.79 Å². The van der Waals surface area contributed by atoms with E-state index in [0.29, 0.717) is 35.1 Å². The van der Waals surface area contributed by atoms with Crippen molar-refractivity contribution >= 4 is 16.8 Å². The Bertz CT molecular complexity index is 1310. The molecule has 3 rings (SSSR count). The second-order valence-electron chi connectivity index (χ2n) is 10.2. The van der Waals surface area contributed by atoms with Crippen molar-refractivity contribution in [1.29, 1.82) is 0 Å². The van der Waals surface area contributed by atoms with Crippen LogP contribution < -0.4 is 10.4 Å². The van der Waals surface area contributed by atoms with E-state index in [9.17, 15) is 9.59 Å². The third kappa shape index (κ3) is 6.94. The quantitative estimate of drug-likeness (QED) is 0.134. The summed E-state index contributed by atoms with van der Waals surface area (Å²) in [5.74, 6) is 0.619. The zero-order valence-corrected chi connectivity index (χ0v) is 22.7. The number of aryl methyl sites for hydroxylation is 2. The fourth-order valence-corrected chi connectivity index (χ4v) is 4.04. The normalized spacial score (nSPS) is 11.4. The first kappa shape index (κ1) is 27.4. The lowest BCUT2D eigenvalue weighted by Crippen LogP contribution is -2.28. The predicted molar refractivity (Wildman–Crippen MR) is 147 cm³/mol. The number of hydrogen-bond donors (Lipinski definition) is 0. The van der Waals surface area contributed by atoms with Crippen LogP contribution >= 0.6 is 0 Å². The summed E-state index contributed by atoms with van der Waals surface area (Å²) in [6, 6.07) is 11.8. The van der Waals surface area contributed by atoms with Crippen LogP contribution in [0.4, 0.5) is 0 Å². The highest BCUT2D eigenvalue weighted by Gasteiger charge is 2.16. The molecule has 5 heteroatoms. The number of hydrogen-bond acceptors (Lipinski definition) is 5. The summed E-state index contributed by atoms with van der Waals surface area (Å²) in [5.41, 5.74) is 5.30. The van der Waals surface area contributed by atoms with Gasteiger partial charge in [-0.05, 0) is 96.8 Å². The highest BCUT2D eigenvalue weighted by molar-refractivity contribution is 5.98. The third-order valence-corrected chi connectivity index (χ3v) is 6.72. The Balaban J connectivity index is 1.75. The minimum atomic E-state index is -0.480. The molecule has 0 aliphatic heterocycles. The Labute approximate surface area is 214 Å². The summed E-state index contributed by atoms with van der Waals surface area (Å²) in [5, 5.41) is 0.787. The van der Waals surface area contributed by atoms with E-state index >= 15 is 0 Å².